The standard InChI is InChI=1S/C19H19N3O2S/c1-2-25-17-10-6-4-8-15(17)19(24)22-21-18(23)11-13-12-20-16-9-5-3-7-14(13)16/h3-10,12,20H,2,11H2,1H3,(H,21,23)(H,22,24). The number of carbonyl (C=O) groups excluding carboxylic acids is 2. The topological polar surface area (TPSA) is 74.0 Å². The Morgan fingerprint density at radius 3 is 2.64 bits per heavy atom. The van der Waals surface area contributed by atoms with Crippen LogP contribution >= 0.6 is 11.8 Å². The summed E-state index contributed by atoms with van der Waals surface area (Å²) in [6.07, 6.45) is 2.01. The van der Waals surface area contributed by atoms with E-state index >= 15 is 0 Å². The fraction of sp³-hybridized carbons (Fsp3) is 0.158. The fourth-order valence-electron chi connectivity index (χ4n) is 2.62. The van der Waals surface area contributed by atoms with Crippen molar-refractivity contribution < 1.29 is 9.59 Å². The number of thioether (sulfide) groups is 1. The van der Waals surface area contributed by atoms with Crippen LogP contribution in [0.25, 0.3) is 10.9 Å². The zero-order valence-corrected chi connectivity index (χ0v) is 14.7. The lowest BCUT2D eigenvalue weighted by Gasteiger charge is -2.10. The molecule has 0 saturated heterocycles. The van der Waals surface area contributed by atoms with Gasteiger partial charge in [0.15, 0.2) is 0 Å². The highest BCUT2D eigenvalue weighted by Crippen LogP contribution is 2.22. The normalized spacial score (nSPS) is 10.6. The predicted octanol–water partition coefficient (Wildman–Crippen LogP) is 3.28. The first-order valence-electron chi connectivity index (χ1n) is 8.05. The molecule has 2 amide bonds. The Labute approximate surface area is 150 Å². The zero-order valence-electron chi connectivity index (χ0n) is 13.8. The number of benzene rings is 2. The Bertz CT molecular complexity index is 904. The van der Waals surface area contributed by atoms with Gasteiger partial charge in [0, 0.05) is 22.0 Å². The number of carbonyl (C=O) groups is 2. The van der Waals surface area contributed by atoms with Crippen molar-refractivity contribution in [3.8, 4) is 0 Å². The highest BCUT2D eigenvalue weighted by atomic mass is 32.2. The van der Waals surface area contributed by atoms with Crippen LogP contribution in [0.3, 0.4) is 0 Å². The number of hydrogen-bond acceptors (Lipinski definition) is 3. The van der Waals surface area contributed by atoms with Crippen LogP contribution in [0.4, 0.5) is 0 Å². The van der Waals surface area contributed by atoms with Crippen LogP contribution < -0.4 is 10.9 Å². The van der Waals surface area contributed by atoms with E-state index in [2.05, 4.69) is 15.8 Å². The molecule has 0 fully saturated rings. The summed E-state index contributed by atoms with van der Waals surface area (Å²) in [5.74, 6) is 0.291. The Kier molecular flexibility index (Phi) is 5.40. The number of hydrogen-bond donors (Lipinski definition) is 3. The van der Waals surface area contributed by atoms with Gasteiger partial charge in [0.1, 0.15) is 0 Å². The summed E-state index contributed by atoms with van der Waals surface area (Å²) >= 11 is 1.59. The predicted molar refractivity (Wildman–Crippen MR) is 100 cm³/mol. The van der Waals surface area contributed by atoms with Crippen LogP contribution in [0.1, 0.15) is 22.8 Å². The quantitative estimate of drug-likeness (QED) is 0.487. The van der Waals surface area contributed by atoms with E-state index in [1.807, 2.05) is 55.6 Å². The minimum Gasteiger partial charge on any atom is -0.361 e. The summed E-state index contributed by atoms with van der Waals surface area (Å²) in [7, 11) is 0. The minimum absolute atomic E-state index is 0.190. The number of aromatic amines is 1. The Hall–Kier alpha value is -2.73. The lowest BCUT2D eigenvalue weighted by atomic mass is 10.1. The van der Waals surface area contributed by atoms with Crippen molar-refractivity contribution in [2.45, 2.75) is 18.2 Å². The lowest BCUT2D eigenvalue weighted by molar-refractivity contribution is -0.121. The molecule has 2 aromatic carbocycles. The van der Waals surface area contributed by atoms with Gasteiger partial charge in [-0.3, -0.25) is 20.4 Å². The van der Waals surface area contributed by atoms with Crippen LogP contribution in [0.15, 0.2) is 59.6 Å². The SMILES string of the molecule is CCSc1ccccc1C(=O)NNC(=O)Cc1c[nH]c2ccccc12. The molecule has 3 N–H and O–H groups in total. The maximum atomic E-state index is 12.3. The second-order valence-electron chi connectivity index (χ2n) is 5.47. The van der Waals surface area contributed by atoms with E-state index in [0.717, 1.165) is 27.1 Å². The first-order valence-corrected chi connectivity index (χ1v) is 9.03. The maximum Gasteiger partial charge on any atom is 0.270 e. The highest BCUT2D eigenvalue weighted by Gasteiger charge is 2.13. The van der Waals surface area contributed by atoms with Gasteiger partial charge in [0.05, 0.1) is 12.0 Å². The molecular formula is C19H19N3O2S. The van der Waals surface area contributed by atoms with Crippen molar-refractivity contribution in [1.82, 2.24) is 15.8 Å². The second-order valence-corrected chi connectivity index (χ2v) is 6.77. The van der Waals surface area contributed by atoms with E-state index < -0.39 is 0 Å². The van der Waals surface area contributed by atoms with Crippen LogP contribution in [0.5, 0.6) is 0 Å². The monoisotopic (exact) mass is 353 g/mol. The van der Waals surface area contributed by atoms with Gasteiger partial charge in [-0.15, -0.1) is 11.8 Å². The molecule has 0 saturated carbocycles. The molecule has 1 aromatic heterocycles. The van der Waals surface area contributed by atoms with Crippen molar-refractivity contribution >= 4 is 34.5 Å². The van der Waals surface area contributed by atoms with Gasteiger partial charge in [-0.25, -0.2) is 0 Å². The Morgan fingerprint density at radius 2 is 1.80 bits per heavy atom. The van der Waals surface area contributed by atoms with E-state index in [4.69, 9.17) is 0 Å². The first-order chi connectivity index (χ1) is 12.2. The molecule has 0 unspecified atom stereocenters. The molecule has 0 radical (unpaired) electrons. The summed E-state index contributed by atoms with van der Waals surface area (Å²) in [4.78, 5) is 28.5. The number of nitrogens with one attached hydrogen (secondary N) is 3. The third kappa shape index (κ3) is 4.03. The Balaban J connectivity index is 1.62. The second kappa shape index (κ2) is 7.90. The summed E-state index contributed by atoms with van der Waals surface area (Å²) in [6, 6.07) is 15.1. The number of para-hydroxylation sites is 1. The molecule has 3 aromatic rings. The zero-order chi connectivity index (χ0) is 17.6. The molecule has 25 heavy (non-hydrogen) atoms. The van der Waals surface area contributed by atoms with Gasteiger partial charge in [-0.1, -0.05) is 37.3 Å². The van der Waals surface area contributed by atoms with Gasteiger partial charge in [0.25, 0.3) is 5.91 Å². The smallest absolute Gasteiger partial charge is 0.270 e. The average Bonchev–Trinajstić information content (AvgIpc) is 3.03. The van der Waals surface area contributed by atoms with E-state index in [9.17, 15) is 9.59 Å². The number of H-pyrrole nitrogens is 1. The minimum atomic E-state index is -0.316. The molecule has 6 heteroatoms. The summed E-state index contributed by atoms with van der Waals surface area (Å²) < 4.78 is 0. The fourth-order valence-corrected chi connectivity index (χ4v) is 3.43. The highest BCUT2D eigenvalue weighted by molar-refractivity contribution is 7.99. The van der Waals surface area contributed by atoms with Gasteiger partial charge in [0.2, 0.25) is 5.91 Å². The largest absolute Gasteiger partial charge is 0.361 e. The van der Waals surface area contributed by atoms with Crippen molar-refractivity contribution in [2.75, 3.05) is 5.75 Å². The third-order valence-corrected chi connectivity index (χ3v) is 4.73. The number of hydrazine groups is 1. The van der Waals surface area contributed by atoms with E-state index in [0.29, 0.717) is 5.56 Å². The molecule has 5 nitrogen and oxygen atoms in total. The van der Waals surface area contributed by atoms with E-state index in [-0.39, 0.29) is 18.2 Å². The molecule has 0 aliphatic heterocycles. The Morgan fingerprint density at radius 1 is 1.04 bits per heavy atom. The molecule has 0 spiro atoms. The molecule has 0 aliphatic rings. The van der Waals surface area contributed by atoms with Crippen LogP contribution in [0, 0.1) is 0 Å². The van der Waals surface area contributed by atoms with Crippen molar-refractivity contribution in [1.29, 1.82) is 0 Å². The molecule has 0 aliphatic carbocycles. The first kappa shape index (κ1) is 17.1. The molecule has 3 rings (SSSR count). The van der Waals surface area contributed by atoms with E-state index in [1.54, 1.807) is 17.8 Å². The number of aromatic nitrogens is 1. The van der Waals surface area contributed by atoms with Crippen LogP contribution in [-0.4, -0.2) is 22.6 Å². The summed E-state index contributed by atoms with van der Waals surface area (Å²) in [5, 5.41) is 1.01. The van der Waals surface area contributed by atoms with Gasteiger partial charge in [-0.2, -0.15) is 0 Å². The number of fused-ring (bicyclic) bond motifs is 1. The summed E-state index contributed by atoms with van der Waals surface area (Å²) in [5.41, 5.74) is 7.42. The van der Waals surface area contributed by atoms with Crippen molar-refractivity contribution in [3.05, 3.63) is 65.9 Å². The molecule has 128 valence electrons. The number of rotatable bonds is 5. The average molecular weight is 353 g/mol. The lowest BCUT2D eigenvalue weighted by Crippen LogP contribution is -2.42. The number of amides is 2. The third-order valence-electron chi connectivity index (χ3n) is 3.77. The molecule has 0 bridgehead atoms. The van der Waals surface area contributed by atoms with Gasteiger partial charge in [-0.05, 0) is 29.5 Å². The molecule has 0 atom stereocenters. The summed E-state index contributed by atoms with van der Waals surface area (Å²) in [6.45, 7) is 2.03. The van der Waals surface area contributed by atoms with Gasteiger partial charge < -0.3 is 4.98 Å². The van der Waals surface area contributed by atoms with Crippen LogP contribution in [0.2, 0.25) is 0 Å². The molecular weight excluding hydrogens is 334 g/mol. The van der Waals surface area contributed by atoms with Crippen LogP contribution in [-0.2, 0) is 11.2 Å². The van der Waals surface area contributed by atoms with Gasteiger partial charge >= 0.3 is 0 Å². The van der Waals surface area contributed by atoms with Crippen molar-refractivity contribution in [3.63, 3.8) is 0 Å². The van der Waals surface area contributed by atoms with E-state index in [1.165, 1.54) is 0 Å². The maximum absolute atomic E-state index is 12.3. The van der Waals surface area contributed by atoms with Crippen molar-refractivity contribution in [2.24, 2.45) is 0 Å². The molecule has 1 heterocycles.